The van der Waals surface area contributed by atoms with Gasteiger partial charge < -0.3 is 10.6 Å². The van der Waals surface area contributed by atoms with Gasteiger partial charge in [0.15, 0.2) is 0 Å². The van der Waals surface area contributed by atoms with Crippen LogP contribution in [0.2, 0.25) is 0 Å². The second kappa shape index (κ2) is 7.28. The number of aryl methyl sites for hydroxylation is 1. The molecule has 2 aliphatic heterocycles. The minimum Gasteiger partial charge on any atom is -0.326 e. The molecular weight excluding hydrogens is 284 g/mol. The van der Waals surface area contributed by atoms with Crippen LogP contribution in [0.15, 0.2) is 24.3 Å². The van der Waals surface area contributed by atoms with Gasteiger partial charge in [-0.25, -0.2) is 0 Å². The molecule has 0 aliphatic carbocycles. The van der Waals surface area contributed by atoms with Crippen LogP contribution in [0.1, 0.15) is 44.6 Å². The maximum atomic E-state index is 12.1. The van der Waals surface area contributed by atoms with Gasteiger partial charge in [-0.05, 0) is 55.7 Å². The van der Waals surface area contributed by atoms with Gasteiger partial charge >= 0.3 is 0 Å². The summed E-state index contributed by atoms with van der Waals surface area (Å²) in [5, 5.41) is 6.66. The van der Waals surface area contributed by atoms with Crippen LogP contribution in [0.25, 0.3) is 0 Å². The molecular formula is C17H25ClN2O. The Balaban J connectivity index is 0.00000161. The predicted molar refractivity (Wildman–Crippen MR) is 89.0 cm³/mol. The first-order valence-electron chi connectivity index (χ1n) is 7.87. The molecule has 2 atom stereocenters. The first kappa shape index (κ1) is 16.3. The maximum Gasteiger partial charge on any atom is 0.224 e. The van der Waals surface area contributed by atoms with Gasteiger partial charge in [0.25, 0.3) is 0 Å². The highest BCUT2D eigenvalue weighted by atomic mass is 35.5. The van der Waals surface area contributed by atoms with Crippen molar-refractivity contribution in [2.75, 3.05) is 5.32 Å². The van der Waals surface area contributed by atoms with Crippen molar-refractivity contribution >= 4 is 24.0 Å². The highest BCUT2D eigenvalue weighted by molar-refractivity contribution is 5.90. The van der Waals surface area contributed by atoms with Gasteiger partial charge in [0.2, 0.25) is 5.91 Å². The molecule has 0 aromatic heterocycles. The summed E-state index contributed by atoms with van der Waals surface area (Å²) in [6.07, 6.45) is 6.62. The molecule has 2 saturated heterocycles. The van der Waals surface area contributed by atoms with Gasteiger partial charge in [0.1, 0.15) is 0 Å². The lowest BCUT2D eigenvalue weighted by Crippen LogP contribution is -2.39. The van der Waals surface area contributed by atoms with Crippen molar-refractivity contribution in [3.8, 4) is 0 Å². The average Bonchev–Trinajstić information content (AvgIpc) is 2.78. The Morgan fingerprint density at radius 1 is 1.19 bits per heavy atom. The van der Waals surface area contributed by atoms with E-state index >= 15 is 0 Å². The SMILES string of the molecule is CCc1ccc(NC(=O)CC2CC3CCC(C2)N3)cc1.Cl. The van der Waals surface area contributed by atoms with Crippen LogP contribution in [-0.4, -0.2) is 18.0 Å². The van der Waals surface area contributed by atoms with Gasteiger partial charge in [-0.3, -0.25) is 4.79 Å². The quantitative estimate of drug-likeness (QED) is 0.893. The fourth-order valence-corrected chi connectivity index (χ4v) is 3.64. The van der Waals surface area contributed by atoms with Gasteiger partial charge in [-0.2, -0.15) is 0 Å². The molecule has 2 N–H and O–H groups in total. The van der Waals surface area contributed by atoms with E-state index in [0.717, 1.165) is 12.1 Å². The summed E-state index contributed by atoms with van der Waals surface area (Å²) in [6.45, 7) is 2.14. The van der Waals surface area contributed by atoms with E-state index in [1.54, 1.807) is 0 Å². The number of benzene rings is 1. The monoisotopic (exact) mass is 308 g/mol. The molecule has 1 aromatic rings. The molecule has 2 aliphatic rings. The van der Waals surface area contributed by atoms with Gasteiger partial charge in [0.05, 0.1) is 0 Å². The van der Waals surface area contributed by atoms with Crippen LogP contribution in [0.3, 0.4) is 0 Å². The Morgan fingerprint density at radius 3 is 2.38 bits per heavy atom. The molecule has 1 amide bonds. The normalized spacial score (nSPS) is 27.0. The summed E-state index contributed by atoms with van der Waals surface area (Å²) in [4.78, 5) is 12.1. The molecule has 116 valence electrons. The second-order valence-corrected chi connectivity index (χ2v) is 6.28. The van der Waals surface area contributed by atoms with E-state index in [-0.39, 0.29) is 18.3 Å². The van der Waals surface area contributed by atoms with E-state index in [2.05, 4.69) is 29.7 Å². The fourth-order valence-electron chi connectivity index (χ4n) is 3.64. The van der Waals surface area contributed by atoms with Crippen molar-refractivity contribution in [3.63, 3.8) is 0 Å². The third kappa shape index (κ3) is 4.21. The molecule has 4 heteroatoms. The number of amides is 1. The lowest BCUT2D eigenvalue weighted by atomic mass is 9.89. The number of carbonyl (C=O) groups is 1. The molecule has 2 heterocycles. The topological polar surface area (TPSA) is 41.1 Å². The highest BCUT2D eigenvalue weighted by Crippen LogP contribution is 2.32. The van der Waals surface area contributed by atoms with Crippen molar-refractivity contribution in [2.24, 2.45) is 5.92 Å². The Morgan fingerprint density at radius 2 is 1.81 bits per heavy atom. The van der Waals surface area contributed by atoms with Crippen molar-refractivity contribution in [2.45, 2.75) is 57.5 Å². The molecule has 0 spiro atoms. The number of hydrogen-bond donors (Lipinski definition) is 2. The summed E-state index contributed by atoms with van der Waals surface area (Å²) in [6, 6.07) is 9.50. The third-order valence-electron chi connectivity index (χ3n) is 4.69. The zero-order chi connectivity index (χ0) is 13.9. The standard InChI is InChI=1S/C17H24N2O.ClH/c1-2-12-3-5-14(6-4-12)19-17(20)11-13-9-15-7-8-16(10-13)18-15;/h3-6,13,15-16,18H,2,7-11H2,1H3,(H,19,20);1H. The summed E-state index contributed by atoms with van der Waals surface area (Å²) in [7, 11) is 0. The summed E-state index contributed by atoms with van der Waals surface area (Å²) in [5.74, 6) is 0.726. The van der Waals surface area contributed by atoms with Gasteiger partial charge in [-0.15, -0.1) is 12.4 Å². The average molecular weight is 309 g/mol. The smallest absolute Gasteiger partial charge is 0.224 e. The number of rotatable bonds is 4. The number of carbonyl (C=O) groups excluding carboxylic acids is 1. The molecule has 1 aromatic carbocycles. The molecule has 0 radical (unpaired) electrons. The zero-order valence-electron chi connectivity index (χ0n) is 12.6. The van der Waals surface area contributed by atoms with Crippen LogP contribution in [0, 0.1) is 5.92 Å². The highest BCUT2D eigenvalue weighted by Gasteiger charge is 2.34. The van der Waals surface area contributed by atoms with E-state index in [1.807, 2.05) is 12.1 Å². The Bertz CT molecular complexity index is 462. The molecule has 2 bridgehead atoms. The second-order valence-electron chi connectivity index (χ2n) is 6.28. The van der Waals surface area contributed by atoms with Crippen LogP contribution < -0.4 is 10.6 Å². The number of fused-ring (bicyclic) bond motifs is 2. The Hall–Kier alpha value is -1.06. The number of halogens is 1. The summed E-state index contributed by atoms with van der Waals surface area (Å²) < 4.78 is 0. The van der Waals surface area contributed by atoms with Crippen LogP contribution in [0.4, 0.5) is 5.69 Å². The Kier molecular flexibility index (Phi) is 5.65. The lowest BCUT2D eigenvalue weighted by molar-refractivity contribution is -0.117. The zero-order valence-corrected chi connectivity index (χ0v) is 13.4. The van der Waals surface area contributed by atoms with E-state index in [1.165, 1.54) is 31.2 Å². The Labute approximate surface area is 133 Å². The van der Waals surface area contributed by atoms with Crippen molar-refractivity contribution in [1.82, 2.24) is 5.32 Å². The van der Waals surface area contributed by atoms with Crippen LogP contribution in [-0.2, 0) is 11.2 Å². The van der Waals surface area contributed by atoms with Crippen molar-refractivity contribution < 1.29 is 4.79 Å². The fraction of sp³-hybridized carbons (Fsp3) is 0.588. The minimum atomic E-state index is 0. The van der Waals surface area contributed by atoms with Gasteiger partial charge in [-0.1, -0.05) is 19.1 Å². The largest absolute Gasteiger partial charge is 0.326 e. The van der Waals surface area contributed by atoms with Crippen molar-refractivity contribution in [3.05, 3.63) is 29.8 Å². The lowest BCUT2D eigenvalue weighted by Gasteiger charge is -2.28. The molecule has 21 heavy (non-hydrogen) atoms. The maximum absolute atomic E-state index is 12.1. The molecule has 3 rings (SSSR count). The van der Waals surface area contributed by atoms with E-state index in [0.29, 0.717) is 24.4 Å². The minimum absolute atomic E-state index is 0. The van der Waals surface area contributed by atoms with E-state index < -0.39 is 0 Å². The number of anilines is 1. The van der Waals surface area contributed by atoms with Crippen LogP contribution in [0.5, 0.6) is 0 Å². The first-order valence-corrected chi connectivity index (χ1v) is 7.87. The summed E-state index contributed by atoms with van der Waals surface area (Å²) >= 11 is 0. The molecule has 2 unspecified atom stereocenters. The third-order valence-corrected chi connectivity index (χ3v) is 4.69. The number of nitrogens with one attached hydrogen (secondary N) is 2. The van der Waals surface area contributed by atoms with Gasteiger partial charge in [0, 0.05) is 24.2 Å². The molecule has 2 fully saturated rings. The van der Waals surface area contributed by atoms with Crippen molar-refractivity contribution in [1.29, 1.82) is 0 Å². The number of hydrogen-bond acceptors (Lipinski definition) is 2. The summed E-state index contributed by atoms with van der Waals surface area (Å²) in [5.41, 5.74) is 2.22. The first-order chi connectivity index (χ1) is 9.72. The predicted octanol–water partition coefficient (Wildman–Crippen LogP) is 3.53. The van der Waals surface area contributed by atoms with Crippen LogP contribution >= 0.6 is 12.4 Å². The molecule has 3 nitrogen and oxygen atoms in total. The number of piperidine rings is 1. The van der Waals surface area contributed by atoms with E-state index in [9.17, 15) is 4.79 Å². The van der Waals surface area contributed by atoms with E-state index in [4.69, 9.17) is 0 Å². The molecule has 0 saturated carbocycles.